The summed E-state index contributed by atoms with van der Waals surface area (Å²) in [5.74, 6) is -0.974. The molecule has 1 amide bonds. The van der Waals surface area contributed by atoms with E-state index in [2.05, 4.69) is 25.5 Å². The van der Waals surface area contributed by atoms with Crippen LogP contribution in [0.4, 0.5) is 17.6 Å². The van der Waals surface area contributed by atoms with Gasteiger partial charge >= 0.3 is 6.18 Å². The number of aliphatic hydroxyl groups excluding tert-OH is 1. The average molecular weight is 409 g/mol. The minimum Gasteiger partial charge on any atom is -0.379 e. The zero-order valence-corrected chi connectivity index (χ0v) is 14.9. The summed E-state index contributed by atoms with van der Waals surface area (Å²) in [6.45, 7) is 1.61. The van der Waals surface area contributed by atoms with Crippen molar-refractivity contribution in [3.8, 4) is 11.3 Å². The SMILES string of the molecule is C[C@H](NC(=O)c1cc(-c2ccc(F)cn2)cc(C(O)C(F)(F)F)c1)c1ncn[nH]1. The Kier molecular flexibility index (Phi) is 5.59. The van der Waals surface area contributed by atoms with Gasteiger partial charge in [0.25, 0.3) is 5.91 Å². The first-order valence-corrected chi connectivity index (χ1v) is 8.33. The number of carbonyl (C=O) groups is 1. The van der Waals surface area contributed by atoms with Gasteiger partial charge in [0, 0.05) is 11.1 Å². The van der Waals surface area contributed by atoms with Crippen LogP contribution in [0.1, 0.15) is 40.8 Å². The van der Waals surface area contributed by atoms with Crippen molar-refractivity contribution < 1.29 is 27.5 Å². The van der Waals surface area contributed by atoms with Crippen LogP contribution in [-0.2, 0) is 0 Å². The second-order valence-corrected chi connectivity index (χ2v) is 6.22. The molecule has 3 aromatic rings. The number of halogens is 4. The van der Waals surface area contributed by atoms with Gasteiger partial charge in [-0.05, 0) is 42.8 Å². The second-order valence-electron chi connectivity index (χ2n) is 6.22. The summed E-state index contributed by atoms with van der Waals surface area (Å²) in [5, 5.41) is 18.5. The van der Waals surface area contributed by atoms with Crippen LogP contribution in [0.15, 0.2) is 42.9 Å². The highest BCUT2D eigenvalue weighted by atomic mass is 19.4. The molecule has 1 unspecified atom stereocenters. The number of hydrogen-bond donors (Lipinski definition) is 3. The molecule has 1 aromatic carbocycles. The summed E-state index contributed by atoms with van der Waals surface area (Å²) in [4.78, 5) is 20.3. The molecule has 7 nitrogen and oxygen atoms in total. The molecule has 11 heteroatoms. The van der Waals surface area contributed by atoms with Gasteiger partial charge in [-0.2, -0.15) is 18.3 Å². The van der Waals surface area contributed by atoms with E-state index in [0.717, 1.165) is 24.4 Å². The smallest absolute Gasteiger partial charge is 0.379 e. The molecule has 0 saturated carbocycles. The third-order valence-corrected chi connectivity index (χ3v) is 4.06. The molecular weight excluding hydrogens is 394 g/mol. The Morgan fingerprint density at radius 2 is 1.97 bits per heavy atom. The Morgan fingerprint density at radius 1 is 1.21 bits per heavy atom. The number of rotatable bonds is 5. The van der Waals surface area contributed by atoms with Gasteiger partial charge in [-0.15, -0.1) is 0 Å². The number of pyridine rings is 1. The monoisotopic (exact) mass is 409 g/mol. The zero-order valence-electron chi connectivity index (χ0n) is 14.9. The first-order valence-electron chi connectivity index (χ1n) is 8.33. The third kappa shape index (κ3) is 4.74. The summed E-state index contributed by atoms with van der Waals surface area (Å²) >= 11 is 0. The number of aromatic nitrogens is 4. The lowest BCUT2D eigenvalue weighted by Crippen LogP contribution is -2.28. The molecule has 0 radical (unpaired) electrons. The summed E-state index contributed by atoms with van der Waals surface area (Å²) in [6.07, 6.45) is -5.60. The molecule has 0 aliphatic heterocycles. The molecule has 3 rings (SSSR count). The molecule has 2 aromatic heterocycles. The highest BCUT2D eigenvalue weighted by Gasteiger charge is 2.39. The number of hydrogen-bond acceptors (Lipinski definition) is 5. The number of benzene rings is 1. The molecule has 0 fully saturated rings. The summed E-state index contributed by atoms with van der Waals surface area (Å²) in [5.41, 5.74) is -0.430. The van der Waals surface area contributed by atoms with Crippen LogP contribution in [-0.4, -0.2) is 37.4 Å². The standard InChI is InChI=1S/C18H15F4N5O2/c1-9(16-24-8-25-27-16)26-17(29)12-5-10(14-3-2-13(19)7-23-14)4-11(6-12)15(28)18(20,21)22/h2-9,15,28H,1H3,(H,26,29)(H,24,25,27)/t9-,15?/m0/s1. The van der Waals surface area contributed by atoms with E-state index in [0.29, 0.717) is 5.82 Å². The molecule has 3 N–H and O–H groups in total. The van der Waals surface area contributed by atoms with Gasteiger partial charge in [0.05, 0.1) is 17.9 Å². The molecule has 29 heavy (non-hydrogen) atoms. The van der Waals surface area contributed by atoms with Crippen LogP contribution >= 0.6 is 0 Å². The van der Waals surface area contributed by atoms with Gasteiger partial charge < -0.3 is 10.4 Å². The fourth-order valence-corrected chi connectivity index (χ4v) is 2.60. The second kappa shape index (κ2) is 7.95. The molecule has 2 atom stereocenters. The van der Waals surface area contributed by atoms with Crippen molar-refractivity contribution in [1.29, 1.82) is 0 Å². The topological polar surface area (TPSA) is 104 Å². The Hall–Kier alpha value is -3.34. The lowest BCUT2D eigenvalue weighted by atomic mass is 9.99. The first-order chi connectivity index (χ1) is 13.6. The van der Waals surface area contributed by atoms with E-state index in [-0.39, 0.29) is 16.8 Å². The van der Waals surface area contributed by atoms with Gasteiger partial charge in [0.15, 0.2) is 6.10 Å². The van der Waals surface area contributed by atoms with Crippen LogP contribution in [0.3, 0.4) is 0 Å². The van der Waals surface area contributed by atoms with Crippen LogP contribution < -0.4 is 5.32 Å². The van der Waals surface area contributed by atoms with E-state index in [1.165, 1.54) is 18.5 Å². The maximum Gasteiger partial charge on any atom is 0.418 e. The summed E-state index contributed by atoms with van der Waals surface area (Å²) < 4.78 is 52.2. The molecule has 0 aliphatic rings. The predicted molar refractivity (Wildman–Crippen MR) is 92.9 cm³/mol. The van der Waals surface area contributed by atoms with E-state index >= 15 is 0 Å². The predicted octanol–water partition coefficient (Wildman–Crippen LogP) is 3.09. The average Bonchev–Trinajstić information content (AvgIpc) is 3.22. The molecular formula is C18H15F4N5O2. The number of aliphatic hydroxyl groups is 1. The number of nitrogens with one attached hydrogen (secondary N) is 2. The van der Waals surface area contributed by atoms with Crippen molar-refractivity contribution in [1.82, 2.24) is 25.5 Å². The van der Waals surface area contributed by atoms with Crippen molar-refractivity contribution in [2.45, 2.75) is 25.2 Å². The number of carbonyl (C=O) groups excluding carboxylic acids is 1. The first kappa shape index (κ1) is 20.4. The van der Waals surface area contributed by atoms with Crippen LogP contribution in [0.25, 0.3) is 11.3 Å². The Bertz CT molecular complexity index is 990. The number of nitrogens with zero attached hydrogens (tertiary/aromatic N) is 3. The Labute approximate surface area is 161 Å². The van der Waals surface area contributed by atoms with Gasteiger partial charge in [-0.3, -0.25) is 14.9 Å². The lowest BCUT2D eigenvalue weighted by Gasteiger charge is -2.18. The van der Waals surface area contributed by atoms with Gasteiger partial charge in [-0.25, -0.2) is 9.37 Å². The van der Waals surface area contributed by atoms with Crippen LogP contribution in [0.2, 0.25) is 0 Å². The van der Waals surface area contributed by atoms with Gasteiger partial charge in [-0.1, -0.05) is 0 Å². The summed E-state index contributed by atoms with van der Waals surface area (Å²) in [6, 6.07) is 5.03. The van der Waals surface area contributed by atoms with E-state index in [1.54, 1.807) is 6.92 Å². The quantitative estimate of drug-likeness (QED) is 0.562. The number of aromatic amines is 1. The Balaban J connectivity index is 1.99. The minimum atomic E-state index is -4.93. The highest BCUT2D eigenvalue weighted by molar-refractivity contribution is 5.95. The maximum atomic E-state index is 13.1. The fourth-order valence-electron chi connectivity index (χ4n) is 2.60. The van der Waals surface area contributed by atoms with Crippen LogP contribution in [0, 0.1) is 5.82 Å². The zero-order chi connectivity index (χ0) is 21.2. The summed E-state index contributed by atoms with van der Waals surface area (Å²) in [7, 11) is 0. The van der Waals surface area contributed by atoms with Crippen molar-refractivity contribution in [2.75, 3.05) is 0 Å². The maximum absolute atomic E-state index is 13.1. The fraction of sp³-hybridized carbons (Fsp3) is 0.222. The molecule has 0 aliphatic carbocycles. The Morgan fingerprint density at radius 3 is 2.55 bits per heavy atom. The third-order valence-electron chi connectivity index (χ3n) is 4.06. The number of H-pyrrole nitrogens is 1. The number of amides is 1. The van der Waals surface area contributed by atoms with E-state index in [9.17, 15) is 27.5 Å². The molecule has 152 valence electrons. The van der Waals surface area contributed by atoms with E-state index in [4.69, 9.17) is 0 Å². The van der Waals surface area contributed by atoms with Crippen molar-refractivity contribution in [3.63, 3.8) is 0 Å². The van der Waals surface area contributed by atoms with Crippen molar-refractivity contribution in [2.24, 2.45) is 0 Å². The lowest BCUT2D eigenvalue weighted by molar-refractivity contribution is -0.206. The van der Waals surface area contributed by atoms with Gasteiger partial charge in [0.2, 0.25) is 0 Å². The normalized spacial score (nSPS) is 13.7. The van der Waals surface area contributed by atoms with Crippen LogP contribution in [0.5, 0.6) is 0 Å². The van der Waals surface area contributed by atoms with Gasteiger partial charge in [0.1, 0.15) is 18.0 Å². The minimum absolute atomic E-state index is 0.114. The molecule has 0 spiro atoms. The molecule has 0 saturated heterocycles. The van der Waals surface area contributed by atoms with Crippen molar-refractivity contribution >= 4 is 5.91 Å². The number of alkyl halides is 3. The highest BCUT2D eigenvalue weighted by Crippen LogP contribution is 2.34. The molecule has 0 bridgehead atoms. The molecule has 2 heterocycles. The van der Waals surface area contributed by atoms with E-state index < -0.39 is 35.6 Å². The van der Waals surface area contributed by atoms with Crippen molar-refractivity contribution in [3.05, 3.63) is 65.6 Å². The largest absolute Gasteiger partial charge is 0.418 e. The van der Waals surface area contributed by atoms with E-state index in [1.807, 2.05) is 0 Å².